The maximum absolute atomic E-state index is 12.4. The Morgan fingerprint density at radius 3 is 2.73 bits per heavy atom. The van der Waals surface area contributed by atoms with Crippen molar-refractivity contribution in [2.75, 3.05) is 6.54 Å². The predicted octanol–water partition coefficient (Wildman–Crippen LogP) is 2.68. The highest BCUT2D eigenvalue weighted by Gasteiger charge is 2.40. The van der Waals surface area contributed by atoms with E-state index in [-0.39, 0.29) is 28.2 Å². The third-order valence-electron chi connectivity index (χ3n) is 4.13. The Morgan fingerprint density at radius 1 is 1.27 bits per heavy atom. The molecule has 2 aromatic rings. The van der Waals surface area contributed by atoms with Crippen molar-refractivity contribution in [3.05, 3.63) is 63.6 Å². The number of amides is 2. The van der Waals surface area contributed by atoms with Gasteiger partial charge < -0.3 is 10.4 Å². The van der Waals surface area contributed by atoms with Crippen LogP contribution in [0.2, 0.25) is 10.0 Å². The maximum atomic E-state index is 12.4. The van der Waals surface area contributed by atoms with Crippen molar-refractivity contribution in [1.82, 2.24) is 10.7 Å². The first-order valence-corrected chi connectivity index (χ1v) is 8.56. The van der Waals surface area contributed by atoms with Gasteiger partial charge in [-0.2, -0.15) is 5.10 Å². The molecule has 0 unspecified atom stereocenters. The summed E-state index contributed by atoms with van der Waals surface area (Å²) in [5, 5.41) is 16.8. The van der Waals surface area contributed by atoms with Gasteiger partial charge in [0.05, 0.1) is 11.2 Å². The lowest BCUT2D eigenvalue weighted by Crippen LogP contribution is -2.34. The van der Waals surface area contributed by atoms with E-state index in [9.17, 15) is 14.7 Å². The van der Waals surface area contributed by atoms with E-state index < -0.39 is 11.8 Å². The van der Waals surface area contributed by atoms with E-state index in [2.05, 4.69) is 15.8 Å². The molecule has 1 aliphatic rings. The third kappa shape index (κ3) is 3.81. The average molecular weight is 392 g/mol. The first-order valence-electron chi connectivity index (χ1n) is 7.81. The van der Waals surface area contributed by atoms with Gasteiger partial charge in [-0.15, -0.1) is 0 Å². The van der Waals surface area contributed by atoms with Crippen LogP contribution in [-0.4, -0.2) is 29.7 Å². The second-order valence-electron chi connectivity index (χ2n) is 5.80. The molecular weight excluding hydrogens is 377 g/mol. The number of nitrogens with zero attached hydrogens (tertiary/aromatic N) is 1. The molecule has 2 amide bonds. The molecule has 0 saturated carbocycles. The molecule has 0 aromatic heterocycles. The molecule has 3 N–H and O–H groups in total. The highest BCUT2D eigenvalue weighted by atomic mass is 35.5. The van der Waals surface area contributed by atoms with E-state index in [1.54, 1.807) is 0 Å². The summed E-state index contributed by atoms with van der Waals surface area (Å²) < 4.78 is 0. The van der Waals surface area contributed by atoms with E-state index in [1.807, 2.05) is 30.3 Å². The summed E-state index contributed by atoms with van der Waals surface area (Å²) in [7, 11) is 0. The molecule has 0 spiro atoms. The van der Waals surface area contributed by atoms with Gasteiger partial charge in [0.25, 0.3) is 5.91 Å². The number of hydrogen-bond acceptors (Lipinski definition) is 4. The SMILES string of the molecule is O=C1NC[C@H](c2ccccc2)[C@@H]1C(=O)N/N=C/c1cc(Cl)cc(Cl)c1O. The Balaban J connectivity index is 1.74. The summed E-state index contributed by atoms with van der Waals surface area (Å²) in [5.74, 6) is -2.23. The number of phenols is 1. The molecule has 134 valence electrons. The first kappa shape index (κ1) is 18.2. The smallest absolute Gasteiger partial charge is 0.253 e. The van der Waals surface area contributed by atoms with Gasteiger partial charge in [-0.3, -0.25) is 9.59 Å². The van der Waals surface area contributed by atoms with Crippen LogP contribution in [0.1, 0.15) is 17.0 Å². The van der Waals surface area contributed by atoms with Crippen molar-refractivity contribution < 1.29 is 14.7 Å². The number of aromatic hydroxyl groups is 1. The number of phenolic OH excluding ortho intramolecular Hbond substituents is 1. The van der Waals surface area contributed by atoms with E-state index in [4.69, 9.17) is 23.2 Å². The van der Waals surface area contributed by atoms with Crippen LogP contribution in [0.4, 0.5) is 0 Å². The number of benzene rings is 2. The summed E-state index contributed by atoms with van der Waals surface area (Å²) in [6.07, 6.45) is 1.22. The van der Waals surface area contributed by atoms with E-state index in [0.29, 0.717) is 11.6 Å². The van der Waals surface area contributed by atoms with Crippen LogP contribution in [0.5, 0.6) is 5.75 Å². The minimum atomic E-state index is -0.883. The molecule has 0 bridgehead atoms. The topological polar surface area (TPSA) is 90.8 Å². The lowest BCUT2D eigenvalue weighted by Gasteiger charge is -2.15. The summed E-state index contributed by atoms with van der Waals surface area (Å²) in [4.78, 5) is 24.5. The molecule has 8 heteroatoms. The first-order chi connectivity index (χ1) is 12.5. The van der Waals surface area contributed by atoms with Crippen LogP contribution in [0, 0.1) is 5.92 Å². The predicted molar refractivity (Wildman–Crippen MR) is 99.5 cm³/mol. The summed E-state index contributed by atoms with van der Waals surface area (Å²) in [6.45, 7) is 0.384. The fourth-order valence-electron chi connectivity index (χ4n) is 2.85. The van der Waals surface area contributed by atoms with Crippen molar-refractivity contribution >= 4 is 41.2 Å². The van der Waals surface area contributed by atoms with Crippen molar-refractivity contribution in [2.24, 2.45) is 11.0 Å². The molecule has 2 atom stereocenters. The number of hydrogen-bond donors (Lipinski definition) is 3. The molecule has 0 aliphatic carbocycles. The van der Waals surface area contributed by atoms with Gasteiger partial charge in [-0.1, -0.05) is 53.5 Å². The molecular formula is C18H15Cl2N3O3. The Kier molecular flexibility index (Phi) is 5.44. The van der Waals surface area contributed by atoms with Crippen molar-refractivity contribution in [3.63, 3.8) is 0 Å². The van der Waals surface area contributed by atoms with E-state index in [1.165, 1.54) is 18.3 Å². The number of rotatable bonds is 4. The number of carbonyl (C=O) groups excluding carboxylic acids is 2. The number of carbonyl (C=O) groups is 2. The van der Waals surface area contributed by atoms with Crippen LogP contribution in [-0.2, 0) is 9.59 Å². The number of halogens is 2. The molecule has 1 heterocycles. The molecule has 1 saturated heterocycles. The zero-order chi connectivity index (χ0) is 18.7. The Labute approximate surface area is 159 Å². The molecule has 6 nitrogen and oxygen atoms in total. The highest BCUT2D eigenvalue weighted by molar-refractivity contribution is 6.36. The van der Waals surface area contributed by atoms with E-state index in [0.717, 1.165) is 5.56 Å². The lowest BCUT2D eigenvalue weighted by molar-refractivity contribution is -0.133. The van der Waals surface area contributed by atoms with Gasteiger partial charge in [0, 0.05) is 23.0 Å². The van der Waals surface area contributed by atoms with Crippen LogP contribution in [0.25, 0.3) is 0 Å². The zero-order valence-corrected chi connectivity index (χ0v) is 15.0. The molecule has 2 aromatic carbocycles. The van der Waals surface area contributed by atoms with Crippen LogP contribution in [0.15, 0.2) is 47.6 Å². The molecule has 1 fully saturated rings. The number of nitrogens with one attached hydrogen (secondary N) is 2. The van der Waals surface area contributed by atoms with Crippen molar-refractivity contribution in [1.29, 1.82) is 0 Å². The Morgan fingerprint density at radius 2 is 2.00 bits per heavy atom. The second-order valence-corrected chi connectivity index (χ2v) is 6.64. The zero-order valence-electron chi connectivity index (χ0n) is 13.4. The minimum Gasteiger partial charge on any atom is -0.506 e. The lowest BCUT2D eigenvalue weighted by atomic mass is 9.88. The summed E-state index contributed by atoms with van der Waals surface area (Å²) in [6, 6.07) is 12.2. The fraction of sp³-hybridized carbons (Fsp3) is 0.167. The highest BCUT2D eigenvalue weighted by Crippen LogP contribution is 2.30. The third-order valence-corrected chi connectivity index (χ3v) is 4.63. The second kappa shape index (κ2) is 7.76. The molecule has 3 rings (SSSR count). The van der Waals surface area contributed by atoms with Gasteiger partial charge in [-0.25, -0.2) is 5.43 Å². The number of hydrazone groups is 1. The van der Waals surface area contributed by atoms with Crippen LogP contribution in [0.3, 0.4) is 0 Å². The fourth-order valence-corrected chi connectivity index (χ4v) is 3.36. The van der Waals surface area contributed by atoms with Crippen molar-refractivity contribution in [2.45, 2.75) is 5.92 Å². The maximum Gasteiger partial charge on any atom is 0.253 e. The molecule has 1 aliphatic heterocycles. The van der Waals surface area contributed by atoms with Gasteiger partial charge in [0.1, 0.15) is 11.7 Å². The average Bonchev–Trinajstić information content (AvgIpc) is 3.01. The summed E-state index contributed by atoms with van der Waals surface area (Å²) >= 11 is 11.7. The van der Waals surface area contributed by atoms with Gasteiger partial charge >= 0.3 is 0 Å². The van der Waals surface area contributed by atoms with Gasteiger partial charge in [-0.05, 0) is 17.7 Å². The summed E-state index contributed by atoms with van der Waals surface area (Å²) in [5.41, 5.74) is 3.49. The van der Waals surface area contributed by atoms with Crippen LogP contribution < -0.4 is 10.7 Å². The minimum absolute atomic E-state index is 0.0737. The largest absolute Gasteiger partial charge is 0.506 e. The van der Waals surface area contributed by atoms with E-state index >= 15 is 0 Å². The van der Waals surface area contributed by atoms with Gasteiger partial charge in [0.2, 0.25) is 5.91 Å². The monoisotopic (exact) mass is 391 g/mol. The van der Waals surface area contributed by atoms with Gasteiger partial charge in [0.15, 0.2) is 0 Å². The molecule has 26 heavy (non-hydrogen) atoms. The standard InChI is InChI=1S/C18H15Cl2N3O3/c19-12-6-11(16(24)14(20)7-12)8-22-23-18(26)15-13(9-21-17(15)25)10-4-2-1-3-5-10/h1-8,13,15,24H,9H2,(H,21,25)(H,23,26)/b22-8+/t13-,15+/m1/s1. The molecule has 0 radical (unpaired) electrons. The quantitative estimate of drug-likeness (QED) is 0.425. The Bertz CT molecular complexity index is 871. The Hall–Kier alpha value is -2.57. The van der Waals surface area contributed by atoms with Crippen LogP contribution >= 0.6 is 23.2 Å². The normalized spacial score (nSPS) is 19.5. The van der Waals surface area contributed by atoms with Crippen molar-refractivity contribution in [3.8, 4) is 5.75 Å².